The largest absolute Gasteiger partial charge is 0.397 e. The third kappa shape index (κ3) is 6150. The van der Waals surface area contributed by atoms with Crippen molar-refractivity contribution in [2.24, 2.45) is 0 Å². The van der Waals surface area contributed by atoms with E-state index in [1.165, 1.54) is 0 Å². The lowest BCUT2D eigenvalue weighted by atomic mass is 10.9. The summed E-state index contributed by atoms with van der Waals surface area (Å²) in [5.41, 5.74) is 0. The highest BCUT2D eigenvalue weighted by Crippen LogP contribution is 1.46. The molecule has 0 heterocycles. The van der Waals surface area contributed by atoms with E-state index in [0.717, 1.165) is 5.06 Å². The zero-order chi connectivity index (χ0) is 6.28. The van der Waals surface area contributed by atoms with E-state index in [9.17, 15) is 0 Å². The molecule has 0 aliphatic carbocycles. The molecule has 0 atom stereocenters. The fourth-order valence-electron chi connectivity index (χ4n) is 0. The third-order valence-electron chi connectivity index (χ3n) is 0. The van der Waals surface area contributed by atoms with Crippen molar-refractivity contribution in [1.82, 2.24) is 5.06 Å². The average molecular weight is 107 g/mol. The van der Waals surface area contributed by atoms with Gasteiger partial charge in [-0.25, -0.2) is 0 Å². The Kier molecular flexibility index (Phi) is 13.3. The first-order valence-corrected chi connectivity index (χ1v) is 2.12. The van der Waals surface area contributed by atoms with E-state index in [-0.39, 0.29) is 6.61 Å². The van der Waals surface area contributed by atoms with Gasteiger partial charge in [0.2, 0.25) is 0 Å². The van der Waals surface area contributed by atoms with E-state index in [4.69, 9.17) is 10.3 Å². The van der Waals surface area contributed by atoms with Crippen molar-refractivity contribution in [1.29, 1.82) is 0 Å². The van der Waals surface area contributed by atoms with Crippen LogP contribution in [0.3, 0.4) is 0 Å². The van der Waals surface area contributed by atoms with Gasteiger partial charge in [0.05, 0.1) is 0 Å². The second kappa shape index (κ2) is 9.30. The Hall–Kier alpha value is -0.120. The van der Waals surface area contributed by atoms with Crippen molar-refractivity contribution in [2.45, 2.75) is 6.92 Å². The van der Waals surface area contributed by atoms with E-state index in [1.54, 1.807) is 21.0 Å². The zero-order valence-electron chi connectivity index (χ0n) is 5.05. The lowest BCUT2D eigenvalue weighted by Crippen LogP contribution is -2.01. The molecule has 0 radical (unpaired) electrons. The van der Waals surface area contributed by atoms with Crippen LogP contribution in [0.25, 0.3) is 0 Å². The SMILES string of the molecule is CCO.CN(C)O. The molecule has 7 heavy (non-hydrogen) atoms. The number of rotatable bonds is 0. The van der Waals surface area contributed by atoms with Crippen LogP contribution in [0.4, 0.5) is 0 Å². The fraction of sp³-hybridized carbons (Fsp3) is 1.00. The summed E-state index contributed by atoms with van der Waals surface area (Å²) >= 11 is 0. The maximum absolute atomic E-state index is 7.89. The molecule has 2 N–H and O–H groups in total. The van der Waals surface area contributed by atoms with Gasteiger partial charge in [-0.3, -0.25) is 0 Å². The van der Waals surface area contributed by atoms with Crippen LogP contribution in [0.15, 0.2) is 0 Å². The van der Waals surface area contributed by atoms with Gasteiger partial charge in [-0.1, -0.05) is 0 Å². The Morgan fingerprint density at radius 2 is 1.43 bits per heavy atom. The van der Waals surface area contributed by atoms with Gasteiger partial charge < -0.3 is 10.3 Å². The highest BCUT2D eigenvalue weighted by Gasteiger charge is 1.59. The van der Waals surface area contributed by atoms with Crippen LogP contribution < -0.4 is 0 Å². The molecule has 46 valence electrons. The van der Waals surface area contributed by atoms with Crippen molar-refractivity contribution in [2.75, 3.05) is 20.7 Å². The Morgan fingerprint density at radius 1 is 1.43 bits per heavy atom. The van der Waals surface area contributed by atoms with Crippen LogP contribution in [0.5, 0.6) is 0 Å². The predicted molar refractivity (Wildman–Crippen MR) is 28.2 cm³/mol. The molecule has 0 aliphatic rings. The minimum Gasteiger partial charge on any atom is -0.397 e. The Morgan fingerprint density at radius 3 is 1.43 bits per heavy atom. The summed E-state index contributed by atoms with van der Waals surface area (Å²) < 4.78 is 0. The van der Waals surface area contributed by atoms with Gasteiger partial charge in [0, 0.05) is 20.7 Å². The van der Waals surface area contributed by atoms with E-state index in [0.29, 0.717) is 0 Å². The van der Waals surface area contributed by atoms with Crippen molar-refractivity contribution >= 4 is 0 Å². The molecule has 0 amide bonds. The fourth-order valence-corrected chi connectivity index (χ4v) is 0. The normalized spacial score (nSPS) is 7.71. The van der Waals surface area contributed by atoms with Crippen LogP contribution in [-0.2, 0) is 0 Å². The van der Waals surface area contributed by atoms with Gasteiger partial charge in [-0.15, -0.1) is 0 Å². The first-order chi connectivity index (χ1) is 3.15. The third-order valence-corrected chi connectivity index (χ3v) is 0. The second-order valence-corrected chi connectivity index (χ2v) is 1.16. The van der Waals surface area contributed by atoms with Crippen LogP contribution in [0.2, 0.25) is 0 Å². The highest BCUT2D eigenvalue weighted by molar-refractivity contribution is 3.90. The van der Waals surface area contributed by atoms with Gasteiger partial charge >= 0.3 is 0 Å². The summed E-state index contributed by atoms with van der Waals surface area (Å²) in [5, 5.41) is 16.5. The standard InChI is InChI=1S/C2H7NO.C2H6O/c1-3(2)4;1-2-3/h4H,1-2H3;3H,2H2,1H3. The molecule has 3 heteroatoms. The van der Waals surface area contributed by atoms with Gasteiger partial charge in [0.1, 0.15) is 0 Å². The summed E-state index contributed by atoms with van der Waals surface area (Å²) in [5.74, 6) is 0. The maximum Gasteiger partial charge on any atom is 0.0402 e. The van der Waals surface area contributed by atoms with Crippen LogP contribution in [-0.4, -0.2) is 36.1 Å². The van der Waals surface area contributed by atoms with E-state index in [1.807, 2.05) is 0 Å². The number of nitrogens with zero attached hydrogens (tertiary/aromatic N) is 1. The van der Waals surface area contributed by atoms with Gasteiger partial charge in [0.25, 0.3) is 0 Å². The zero-order valence-corrected chi connectivity index (χ0v) is 5.05. The summed E-state index contributed by atoms with van der Waals surface area (Å²) in [6.45, 7) is 1.93. The predicted octanol–water partition coefficient (Wildman–Crippen LogP) is -0.0642. The van der Waals surface area contributed by atoms with Crippen LogP contribution >= 0.6 is 0 Å². The molecule has 0 spiro atoms. The molecule has 0 aromatic carbocycles. The summed E-state index contributed by atoms with van der Waals surface area (Å²) in [7, 11) is 3.11. The minimum absolute atomic E-state index is 0.250. The number of aliphatic hydroxyl groups excluding tert-OH is 1. The molecule has 3 nitrogen and oxygen atoms in total. The number of hydroxylamine groups is 2. The molecular weight excluding hydrogens is 94.0 g/mol. The van der Waals surface area contributed by atoms with Gasteiger partial charge in [0.15, 0.2) is 0 Å². The topological polar surface area (TPSA) is 43.7 Å². The van der Waals surface area contributed by atoms with Crippen LogP contribution in [0.1, 0.15) is 6.92 Å². The number of hydrogen-bond donors (Lipinski definition) is 2. The van der Waals surface area contributed by atoms with E-state index < -0.39 is 0 Å². The monoisotopic (exact) mass is 107 g/mol. The summed E-state index contributed by atoms with van der Waals surface area (Å²) in [4.78, 5) is 0. The molecule has 0 saturated heterocycles. The molecule has 0 aliphatic heterocycles. The highest BCUT2D eigenvalue weighted by atomic mass is 16.5. The number of aliphatic hydroxyl groups is 1. The van der Waals surface area contributed by atoms with E-state index in [2.05, 4.69) is 0 Å². The lowest BCUT2D eigenvalue weighted by Gasteiger charge is -1.89. The minimum atomic E-state index is 0.250. The van der Waals surface area contributed by atoms with E-state index >= 15 is 0 Å². The Labute approximate surface area is 44.1 Å². The van der Waals surface area contributed by atoms with Crippen molar-refractivity contribution in [3.8, 4) is 0 Å². The molecular formula is C4H13NO2. The average Bonchev–Trinajstić information content (AvgIpc) is 1.33. The Bertz CT molecular complexity index is 20.9. The maximum atomic E-state index is 7.89. The molecule has 0 bridgehead atoms. The summed E-state index contributed by atoms with van der Waals surface area (Å²) in [6.07, 6.45) is 0. The molecule has 0 unspecified atom stereocenters. The second-order valence-electron chi connectivity index (χ2n) is 1.16. The van der Waals surface area contributed by atoms with Crippen LogP contribution in [0, 0.1) is 0 Å². The smallest absolute Gasteiger partial charge is 0.0402 e. The first-order valence-electron chi connectivity index (χ1n) is 2.12. The number of hydrogen-bond acceptors (Lipinski definition) is 3. The Balaban J connectivity index is 0. The van der Waals surface area contributed by atoms with Crippen molar-refractivity contribution in [3.63, 3.8) is 0 Å². The molecule has 0 rings (SSSR count). The van der Waals surface area contributed by atoms with Gasteiger partial charge in [-0.2, -0.15) is 5.06 Å². The first kappa shape index (κ1) is 9.99. The van der Waals surface area contributed by atoms with Crippen molar-refractivity contribution < 1.29 is 10.3 Å². The van der Waals surface area contributed by atoms with Crippen molar-refractivity contribution in [3.05, 3.63) is 0 Å². The molecule has 0 saturated carbocycles. The molecule has 0 fully saturated rings. The molecule has 0 aromatic rings. The lowest BCUT2D eigenvalue weighted by molar-refractivity contribution is -0.0372. The molecule has 0 aromatic heterocycles. The quantitative estimate of drug-likeness (QED) is 0.426. The van der Waals surface area contributed by atoms with Gasteiger partial charge in [-0.05, 0) is 6.92 Å². The summed E-state index contributed by atoms with van der Waals surface area (Å²) in [6, 6.07) is 0.